The predicted molar refractivity (Wildman–Crippen MR) is 92.7 cm³/mol. The van der Waals surface area contributed by atoms with Crippen LogP contribution < -0.4 is 40.0 Å². The summed E-state index contributed by atoms with van der Waals surface area (Å²) in [5, 5.41) is 15.6. The molecule has 3 N–H and O–H groups in total. The third kappa shape index (κ3) is 4.99. The number of anilines is 2. The number of benzene rings is 3. The smallest absolute Gasteiger partial charge is 0.872 e. The molecule has 8 nitrogen and oxygen atoms in total. The molecule has 0 bridgehead atoms. The summed E-state index contributed by atoms with van der Waals surface area (Å²) in [4.78, 5) is -0.776. The summed E-state index contributed by atoms with van der Waals surface area (Å²) in [5.74, 6) is -0.592. The first-order chi connectivity index (χ1) is 12.0. The zero-order valence-corrected chi connectivity index (χ0v) is 17.6. The van der Waals surface area contributed by atoms with Gasteiger partial charge >= 0.3 is 29.6 Å². The van der Waals surface area contributed by atoms with Crippen molar-refractivity contribution in [3.63, 3.8) is 0 Å². The summed E-state index contributed by atoms with van der Waals surface area (Å²) in [5.41, 5.74) is 0.808. The molecule has 3 aromatic rings. The molecule has 0 heterocycles. The summed E-state index contributed by atoms with van der Waals surface area (Å²) < 4.78 is 62.9. The molecule has 0 saturated heterocycles. The van der Waals surface area contributed by atoms with E-state index in [2.05, 4.69) is 5.32 Å². The molecule has 0 radical (unpaired) electrons. The molecule has 11 heteroatoms. The summed E-state index contributed by atoms with van der Waals surface area (Å²) in [7, 11) is -8.84. The first-order valence-electron chi connectivity index (χ1n) is 7.11. The molecular formula is C16H12NNaO7S2. The van der Waals surface area contributed by atoms with E-state index < -0.39 is 30.9 Å². The van der Waals surface area contributed by atoms with E-state index in [0.717, 1.165) is 6.07 Å². The van der Waals surface area contributed by atoms with Crippen molar-refractivity contribution in [1.29, 1.82) is 0 Å². The Balaban J connectivity index is 0.00000261. The van der Waals surface area contributed by atoms with E-state index in [9.17, 15) is 21.9 Å². The zero-order chi connectivity index (χ0) is 19.1. The SMILES string of the molecule is O=S(=O)(O)c1cccc(Nc2ccc3cc(S(=O)(=O)O)cc([O-])c3c2)c1.[Na+]. The Kier molecular flexibility index (Phi) is 6.22. The quantitative estimate of drug-likeness (QED) is 0.368. The Labute approximate surface area is 177 Å². The number of hydrogen-bond donors (Lipinski definition) is 3. The fourth-order valence-corrected chi connectivity index (χ4v) is 3.48. The maximum Gasteiger partial charge on any atom is 1.00 e. The van der Waals surface area contributed by atoms with Crippen LogP contribution >= 0.6 is 0 Å². The largest absolute Gasteiger partial charge is 1.00 e. The van der Waals surface area contributed by atoms with E-state index in [1.165, 1.54) is 36.4 Å². The van der Waals surface area contributed by atoms with Crippen LogP contribution in [0.1, 0.15) is 0 Å². The van der Waals surface area contributed by atoms with Crippen LogP contribution in [0, 0.1) is 0 Å². The predicted octanol–water partition coefficient (Wildman–Crippen LogP) is -0.846. The fourth-order valence-electron chi connectivity index (χ4n) is 2.43. The molecule has 0 aliphatic rings. The molecule has 0 fully saturated rings. The Morgan fingerprint density at radius 3 is 2.04 bits per heavy atom. The van der Waals surface area contributed by atoms with Crippen LogP contribution in [0.15, 0.2) is 64.4 Å². The van der Waals surface area contributed by atoms with Crippen LogP contribution in [-0.2, 0) is 20.2 Å². The molecule has 0 saturated carbocycles. The fraction of sp³-hybridized carbons (Fsp3) is 0. The number of fused-ring (bicyclic) bond motifs is 1. The van der Waals surface area contributed by atoms with Crippen molar-refractivity contribution in [2.24, 2.45) is 0 Å². The van der Waals surface area contributed by atoms with E-state index in [0.29, 0.717) is 16.8 Å². The molecule has 3 rings (SSSR count). The Hall–Kier alpha value is -1.66. The van der Waals surface area contributed by atoms with E-state index in [4.69, 9.17) is 9.11 Å². The molecular weight excluding hydrogens is 405 g/mol. The van der Waals surface area contributed by atoms with Gasteiger partial charge < -0.3 is 10.4 Å². The van der Waals surface area contributed by atoms with Gasteiger partial charge in [-0.1, -0.05) is 17.9 Å². The molecule has 3 aromatic carbocycles. The van der Waals surface area contributed by atoms with Crippen LogP contribution in [0.25, 0.3) is 10.8 Å². The van der Waals surface area contributed by atoms with Gasteiger partial charge in [0.25, 0.3) is 20.2 Å². The average Bonchev–Trinajstić information content (AvgIpc) is 2.54. The Morgan fingerprint density at radius 2 is 1.41 bits per heavy atom. The second-order valence-corrected chi connectivity index (χ2v) is 8.30. The van der Waals surface area contributed by atoms with Gasteiger partial charge in [-0.3, -0.25) is 9.11 Å². The van der Waals surface area contributed by atoms with Gasteiger partial charge in [0.05, 0.1) is 9.79 Å². The Morgan fingerprint density at radius 1 is 0.778 bits per heavy atom. The minimum Gasteiger partial charge on any atom is -0.872 e. The van der Waals surface area contributed by atoms with Gasteiger partial charge in [-0.15, -0.1) is 0 Å². The van der Waals surface area contributed by atoms with Gasteiger partial charge in [0.2, 0.25) is 0 Å². The average molecular weight is 417 g/mol. The van der Waals surface area contributed by atoms with Crippen molar-refractivity contribution in [2.45, 2.75) is 9.79 Å². The minimum absolute atomic E-state index is 0. The first-order valence-corrected chi connectivity index (χ1v) is 9.99. The summed E-state index contributed by atoms with van der Waals surface area (Å²) >= 11 is 0. The maximum atomic E-state index is 12.1. The summed E-state index contributed by atoms with van der Waals surface area (Å²) in [6.45, 7) is 0. The number of nitrogens with one attached hydrogen (secondary N) is 1. The van der Waals surface area contributed by atoms with Crippen molar-refractivity contribution in [2.75, 3.05) is 5.32 Å². The molecule has 0 amide bonds. The van der Waals surface area contributed by atoms with Gasteiger partial charge in [0.15, 0.2) is 0 Å². The van der Waals surface area contributed by atoms with Gasteiger partial charge in [0, 0.05) is 11.4 Å². The van der Waals surface area contributed by atoms with Gasteiger partial charge in [-0.2, -0.15) is 16.8 Å². The van der Waals surface area contributed by atoms with Gasteiger partial charge in [-0.05, 0) is 53.2 Å². The van der Waals surface area contributed by atoms with Crippen molar-refractivity contribution in [1.82, 2.24) is 0 Å². The van der Waals surface area contributed by atoms with Gasteiger partial charge in [-0.25, -0.2) is 0 Å². The molecule has 0 spiro atoms. The van der Waals surface area contributed by atoms with Crippen LogP contribution in [0.4, 0.5) is 11.4 Å². The second kappa shape index (κ2) is 7.76. The summed E-state index contributed by atoms with van der Waals surface area (Å²) in [6, 6.07) is 12.0. The van der Waals surface area contributed by atoms with E-state index in [1.807, 2.05) is 0 Å². The van der Waals surface area contributed by atoms with Crippen LogP contribution in [0.5, 0.6) is 5.75 Å². The van der Waals surface area contributed by atoms with Crippen LogP contribution in [-0.4, -0.2) is 25.9 Å². The number of hydrogen-bond acceptors (Lipinski definition) is 6. The topological polar surface area (TPSA) is 144 Å². The third-order valence-electron chi connectivity index (χ3n) is 3.61. The number of rotatable bonds is 4. The molecule has 0 atom stereocenters. The van der Waals surface area contributed by atoms with Crippen molar-refractivity contribution < 1.29 is 60.6 Å². The zero-order valence-electron chi connectivity index (χ0n) is 13.9. The standard InChI is InChI=1S/C16H13NO7S2.Na/c18-16-9-14(26(22,23)24)6-10-4-5-12(8-15(10)16)17-11-2-1-3-13(7-11)25(19,20)21;/h1-9,17-18H,(H,19,20,21)(H,22,23,24);/q;+1/p-1. The van der Waals surface area contributed by atoms with E-state index in [-0.39, 0.29) is 39.8 Å². The Bertz CT molecular complexity index is 1220. The molecule has 0 aliphatic carbocycles. The van der Waals surface area contributed by atoms with Crippen molar-refractivity contribution >= 4 is 42.4 Å². The van der Waals surface area contributed by atoms with E-state index >= 15 is 0 Å². The molecule has 0 unspecified atom stereocenters. The second-order valence-electron chi connectivity index (χ2n) is 5.46. The molecule has 0 aliphatic heterocycles. The monoisotopic (exact) mass is 417 g/mol. The normalized spacial score (nSPS) is 11.8. The molecule has 27 heavy (non-hydrogen) atoms. The summed E-state index contributed by atoms with van der Waals surface area (Å²) in [6.07, 6.45) is 0. The first kappa shape index (κ1) is 21.6. The van der Waals surface area contributed by atoms with Crippen molar-refractivity contribution in [3.05, 3.63) is 54.6 Å². The van der Waals surface area contributed by atoms with Crippen LogP contribution in [0.3, 0.4) is 0 Å². The van der Waals surface area contributed by atoms with E-state index in [1.54, 1.807) is 12.1 Å². The third-order valence-corrected chi connectivity index (χ3v) is 5.29. The maximum absolute atomic E-state index is 12.1. The molecule has 0 aromatic heterocycles. The minimum atomic E-state index is -4.49. The van der Waals surface area contributed by atoms with Gasteiger partial charge in [0.1, 0.15) is 0 Å². The van der Waals surface area contributed by atoms with Crippen molar-refractivity contribution in [3.8, 4) is 5.75 Å². The van der Waals surface area contributed by atoms with Crippen LogP contribution in [0.2, 0.25) is 0 Å². The molecule has 136 valence electrons.